The van der Waals surface area contributed by atoms with Gasteiger partial charge in [0, 0.05) is 13.5 Å². The average Bonchev–Trinajstić information content (AvgIpc) is 3.76. The first-order chi connectivity index (χ1) is 21.7. The smallest absolute Gasteiger partial charge is 0.382 e. The van der Waals surface area contributed by atoms with Gasteiger partial charge >= 0.3 is 13.6 Å². The van der Waals surface area contributed by atoms with Crippen molar-refractivity contribution in [3.8, 4) is 0 Å². The van der Waals surface area contributed by atoms with Crippen LogP contribution >= 0.6 is 38.1 Å². The predicted octanol–water partition coefficient (Wildman–Crippen LogP) is 2.25. The first-order valence-corrected chi connectivity index (χ1v) is 18.8. The summed E-state index contributed by atoms with van der Waals surface area (Å²) in [6, 6.07) is 0. The molecule has 6 rings (SSSR count). The molecular formula is C22H29FN10O9P2S2. The summed E-state index contributed by atoms with van der Waals surface area (Å²) in [6.45, 7) is -7.97. The van der Waals surface area contributed by atoms with Crippen molar-refractivity contribution in [1.82, 2.24) is 39.0 Å². The van der Waals surface area contributed by atoms with Crippen LogP contribution in [-0.2, 0) is 36.9 Å². The molecule has 0 aromatic carbocycles. The van der Waals surface area contributed by atoms with Crippen LogP contribution in [0.4, 0.5) is 16.0 Å². The third-order valence-electron chi connectivity index (χ3n) is 7.44. The van der Waals surface area contributed by atoms with Gasteiger partial charge in [0.25, 0.3) is 0 Å². The highest BCUT2D eigenvalue weighted by Gasteiger charge is 2.52. The highest BCUT2D eigenvalue weighted by molar-refractivity contribution is 8.44. The number of nitrogens with zero attached hydrogens (tertiary/aromatic N) is 8. The van der Waals surface area contributed by atoms with Crippen LogP contribution < -0.4 is 11.5 Å². The summed E-state index contributed by atoms with van der Waals surface area (Å²) in [5.74, 6) is 0.243. The fourth-order valence-corrected chi connectivity index (χ4v) is 7.39. The number of anilines is 2. The molecule has 24 heteroatoms. The normalized spacial score (nSPS) is 31.0. The van der Waals surface area contributed by atoms with Crippen LogP contribution in [0.1, 0.15) is 25.8 Å². The molecule has 2 saturated heterocycles. The lowest BCUT2D eigenvalue weighted by atomic mass is 10.0. The highest BCUT2D eigenvalue weighted by atomic mass is 32.7. The van der Waals surface area contributed by atoms with E-state index in [4.69, 9.17) is 39.2 Å². The molecule has 0 saturated carbocycles. The third kappa shape index (κ3) is 6.61. The molecule has 0 amide bonds. The Kier molecular flexibility index (Phi) is 9.09. The van der Waals surface area contributed by atoms with Crippen LogP contribution in [0, 0.1) is 0 Å². The SMILES string of the molecule is CO[C@@H]1C[C@@](C)(CO[P@](=O)(S)O[C@@H]2[C@@H](F)[C@@H](CO[P@](=O)(O)S)O[C@H]2n2cnc3c(N)ncnc32)O[C@H]1n1cnc2c(N)ncnc21. The number of ether oxygens (including phenoxy) is 3. The minimum absolute atomic E-state index is 0.0486. The summed E-state index contributed by atoms with van der Waals surface area (Å²) in [5, 5.41) is 0. The van der Waals surface area contributed by atoms with Crippen molar-refractivity contribution >= 4 is 72.1 Å². The van der Waals surface area contributed by atoms with E-state index in [1.165, 1.54) is 37.0 Å². The predicted molar refractivity (Wildman–Crippen MR) is 164 cm³/mol. The molecule has 2 aliphatic heterocycles. The van der Waals surface area contributed by atoms with Crippen LogP contribution in [0.3, 0.4) is 0 Å². The van der Waals surface area contributed by atoms with Gasteiger partial charge in [0.2, 0.25) is 0 Å². The molecule has 4 aromatic rings. The van der Waals surface area contributed by atoms with E-state index in [9.17, 15) is 14.0 Å². The van der Waals surface area contributed by atoms with E-state index in [0.29, 0.717) is 11.2 Å². The molecule has 19 nitrogen and oxygen atoms in total. The van der Waals surface area contributed by atoms with E-state index in [1.807, 2.05) is 0 Å². The average molecular weight is 723 g/mol. The number of imidazole rings is 2. The molecule has 2 aliphatic rings. The van der Waals surface area contributed by atoms with Crippen LogP contribution in [0.15, 0.2) is 25.3 Å². The maximum Gasteiger partial charge on any atom is 0.386 e. The fourth-order valence-electron chi connectivity index (χ4n) is 5.32. The lowest BCUT2D eigenvalue weighted by molar-refractivity contribution is -0.100. The third-order valence-corrected chi connectivity index (χ3v) is 9.87. The number of thiol groups is 2. The molecule has 0 radical (unpaired) electrons. The van der Waals surface area contributed by atoms with Crippen molar-refractivity contribution < 1.29 is 46.2 Å². The summed E-state index contributed by atoms with van der Waals surface area (Å²) in [4.78, 5) is 34.1. The Morgan fingerprint density at radius 1 is 1.02 bits per heavy atom. The minimum atomic E-state index is -4.37. The number of alkyl halides is 1. The molecule has 4 aromatic heterocycles. The number of aromatic nitrogens is 8. The van der Waals surface area contributed by atoms with Gasteiger partial charge in [-0.1, -0.05) is 24.5 Å². The summed E-state index contributed by atoms with van der Waals surface area (Å²) in [5.41, 5.74) is 11.9. The topological polar surface area (TPSA) is 249 Å². The number of halogens is 1. The highest BCUT2D eigenvalue weighted by Crippen LogP contribution is 2.58. The van der Waals surface area contributed by atoms with Gasteiger partial charge < -0.3 is 30.6 Å². The number of rotatable bonds is 11. The molecule has 6 heterocycles. The van der Waals surface area contributed by atoms with E-state index in [0.717, 1.165) is 0 Å². The fraction of sp³-hybridized carbons (Fsp3) is 0.545. The molecular weight excluding hydrogens is 693 g/mol. The Labute approximate surface area is 269 Å². The molecule has 2 fully saturated rings. The summed E-state index contributed by atoms with van der Waals surface area (Å²) >= 11 is 7.56. The summed E-state index contributed by atoms with van der Waals surface area (Å²) < 4.78 is 77.8. The van der Waals surface area contributed by atoms with E-state index in [-0.39, 0.29) is 35.8 Å². The summed E-state index contributed by atoms with van der Waals surface area (Å²) in [7, 11) is 1.51. The Morgan fingerprint density at radius 2 is 1.61 bits per heavy atom. The summed E-state index contributed by atoms with van der Waals surface area (Å²) in [6.07, 6.45) is -2.28. The van der Waals surface area contributed by atoms with Crippen LogP contribution in [0.25, 0.3) is 22.3 Å². The Bertz CT molecular complexity index is 1850. The molecule has 0 spiro atoms. The first kappa shape index (κ1) is 33.4. The zero-order valence-corrected chi connectivity index (χ0v) is 27.6. The van der Waals surface area contributed by atoms with E-state index < -0.39 is 62.7 Å². The molecule has 0 aliphatic carbocycles. The van der Waals surface area contributed by atoms with Crippen molar-refractivity contribution in [2.75, 3.05) is 31.8 Å². The Morgan fingerprint density at radius 3 is 2.17 bits per heavy atom. The van der Waals surface area contributed by atoms with Crippen LogP contribution in [0.5, 0.6) is 0 Å². The zero-order valence-electron chi connectivity index (χ0n) is 24.0. The molecule has 250 valence electrons. The molecule has 9 atom stereocenters. The van der Waals surface area contributed by atoms with Crippen molar-refractivity contribution in [1.29, 1.82) is 0 Å². The van der Waals surface area contributed by atoms with E-state index in [2.05, 4.69) is 54.4 Å². The number of nitrogen functional groups attached to an aromatic ring is 2. The molecule has 0 unspecified atom stereocenters. The lowest BCUT2D eigenvalue weighted by Crippen LogP contribution is -2.33. The van der Waals surface area contributed by atoms with Crippen LogP contribution in [-0.4, -0.2) is 94.3 Å². The monoisotopic (exact) mass is 722 g/mol. The van der Waals surface area contributed by atoms with Gasteiger partial charge in [-0.3, -0.25) is 22.7 Å². The largest absolute Gasteiger partial charge is 0.386 e. The van der Waals surface area contributed by atoms with Gasteiger partial charge in [0.05, 0.1) is 31.5 Å². The number of nitrogens with two attached hydrogens (primary N) is 2. The molecule has 0 bridgehead atoms. The van der Waals surface area contributed by atoms with Crippen molar-refractivity contribution in [2.24, 2.45) is 0 Å². The van der Waals surface area contributed by atoms with E-state index >= 15 is 4.39 Å². The molecule has 46 heavy (non-hydrogen) atoms. The second-order valence-electron chi connectivity index (χ2n) is 10.7. The second kappa shape index (κ2) is 12.5. The van der Waals surface area contributed by atoms with Crippen molar-refractivity contribution in [2.45, 2.75) is 55.9 Å². The van der Waals surface area contributed by atoms with Gasteiger partial charge in [0.1, 0.15) is 42.0 Å². The Balaban J connectivity index is 1.20. The van der Waals surface area contributed by atoms with Gasteiger partial charge in [-0.05, 0) is 6.92 Å². The Hall–Kier alpha value is -2.49. The number of methoxy groups -OCH3 is 1. The lowest BCUT2D eigenvalue weighted by Gasteiger charge is -2.28. The first-order valence-electron chi connectivity index (χ1n) is 13.4. The van der Waals surface area contributed by atoms with Crippen molar-refractivity contribution in [3.63, 3.8) is 0 Å². The van der Waals surface area contributed by atoms with Gasteiger partial charge in [-0.25, -0.2) is 43.4 Å². The standard InChI is InChI=1S/C22H29FN10O9P2S2/c1-22(3-10(37-2)20(41-22)32-8-30-13-16(24)26-6-28-18(13)32)5-39-44(36,46)42-15-12(23)11(4-38-43(34,35)45)40-21(15)33-9-31-14-17(25)27-7-29-19(14)33/h6-12,15,20-21H,3-5H2,1-2H3,(H,36,46)(H2,24,26,28)(H2,25,27,29)(H2,34,35,45)/t10-,11-,12+,15-,20-,21-,22+,44+/m1/s1. The number of hydrogen-bond acceptors (Lipinski definition) is 16. The van der Waals surface area contributed by atoms with E-state index in [1.54, 1.807) is 11.5 Å². The van der Waals surface area contributed by atoms with Gasteiger partial charge in [-0.15, -0.1) is 0 Å². The number of hydrogen-bond donors (Lipinski definition) is 5. The van der Waals surface area contributed by atoms with Crippen LogP contribution in [0.2, 0.25) is 0 Å². The van der Waals surface area contributed by atoms with Gasteiger partial charge in [0.15, 0.2) is 41.6 Å². The van der Waals surface area contributed by atoms with Crippen molar-refractivity contribution in [3.05, 3.63) is 25.3 Å². The zero-order chi connectivity index (χ0) is 33.0. The maximum atomic E-state index is 15.9. The van der Waals surface area contributed by atoms with Gasteiger partial charge in [-0.2, -0.15) is 0 Å². The molecule has 5 N–H and O–H groups in total. The maximum absolute atomic E-state index is 15.9. The second-order valence-corrected chi connectivity index (χ2v) is 16.3. The number of fused-ring (bicyclic) bond motifs is 2. The quantitative estimate of drug-likeness (QED) is 0.110. The minimum Gasteiger partial charge on any atom is -0.382 e.